The minimum Gasteiger partial charge on any atom is -0.481 e. The topological polar surface area (TPSA) is 102 Å². The molecule has 1 aromatic rings. The van der Waals surface area contributed by atoms with Crippen LogP contribution in [0, 0.1) is 16.7 Å². The highest BCUT2D eigenvalue weighted by molar-refractivity contribution is 5.91. The molecule has 2 rings (SSSR count). The van der Waals surface area contributed by atoms with Gasteiger partial charge in [0, 0.05) is 6.54 Å². The molecule has 1 aromatic carbocycles. The Hall–Kier alpha value is -2.55. The van der Waals surface area contributed by atoms with E-state index in [1.165, 1.54) is 0 Å². The van der Waals surface area contributed by atoms with Crippen molar-refractivity contribution >= 4 is 17.7 Å². The van der Waals surface area contributed by atoms with Crippen molar-refractivity contribution < 1.29 is 14.7 Å². The predicted octanol–water partition coefficient (Wildman–Crippen LogP) is 2.32. The number of hydrogen-bond acceptors (Lipinski definition) is 3. The van der Waals surface area contributed by atoms with Crippen LogP contribution in [0.15, 0.2) is 24.3 Å². The number of carbonyl (C=O) groups excluding carboxylic acids is 1. The molecular weight excluding hydrogens is 270 g/mol. The molecule has 0 unspecified atom stereocenters. The van der Waals surface area contributed by atoms with Crippen LogP contribution in [0.4, 0.5) is 10.5 Å². The standard InChI is InChI=1S/C15H17N3O3/c16-9-11-5-1-2-6-12(11)18-14(21)17-10-15(13(19)20)7-3-4-8-15/h1-2,5-6H,3-4,7-8,10H2,(H,19,20)(H2,17,18,21). The molecule has 0 spiro atoms. The van der Waals surface area contributed by atoms with Gasteiger partial charge in [-0.05, 0) is 25.0 Å². The molecule has 0 radical (unpaired) electrons. The summed E-state index contributed by atoms with van der Waals surface area (Å²) in [4.78, 5) is 23.3. The Labute approximate surface area is 122 Å². The monoisotopic (exact) mass is 287 g/mol. The number of nitrogens with one attached hydrogen (secondary N) is 2. The molecule has 2 amide bonds. The van der Waals surface area contributed by atoms with Gasteiger partial charge < -0.3 is 15.7 Å². The number of nitrogens with zero attached hydrogens (tertiary/aromatic N) is 1. The minimum atomic E-state index is -0.863. The summed E-state index contributed by atoms with van der Waals surface area (Å²) in [7, 11) is 0. The van der Waals surface area contributed by atoms with E-state index in [4.69, 9.17) is 5.26 Å². The number of aliphatic carboxylic acids is 1. The quantitative estimate of drug-likeness (QED) is 0.790. The van der Waals surface area contributed by atoms with Crippen LogP contribution in [0.2, 0.25) is 0 Å². The van der Waals surface area contributed by atoms with Gasteiger partial charge in [-0.1, -0.05) is 25.0 Å². The number of carboxylic acid groups (broad SMARTS) is 1. The van der Waals surface area contributed by atoms with Crippen molar-refractivity contribution in [2.75, 3.05) is 11.9 Å². The lowest BCUT2D eigenvalue weighted by Gasteiger charge is -2.24. The summed E-state index contributed by atoms with van der Waals surface area (Å²) >= 11 is 0. The minimum absolute atomic E-state index is 0.100. The zero-order chi connectivity index (χ0) is 15.3. The Kier molecular flexibility index (Phi) is 4.43. The summed E-state index contributed by atoms with van der Waals surface area (Å²) in [6.45, 7) is 0.100. The molecule has 6 heteroatoms. The Bertz CT molecular complexity index is 586. The third-order valence-electron chi connectivity index (χ3n) is 3.90. The molecule has 1 aliphatic rings. The van der Waals surface area contributed by atoms with Gasteiger partial charge in [0.05, 0.1) is 16.7 Å². The van der Waals surface area contributed by atoms with Crippen LogP contribution in [0.1, 0.15) is 31.2 Å². The maximum Gasteiger partial charge on any atom is 0.319 e. The number of nitriles is 1. The number of amides is 2. The maximum absolute atomic E-state index is 11.9. The van der Waals surface area contributed by atoms with Gasteiger partial charge in [0.15, 0.2) is 0 Å². The fourth-order valence-electron chi connectivity index (χ4n) is 2.62. The first-order valence-electron chi connectivity index (χ1n) is 6.85. The first kappa shape index (κ1) is 14.9. The van der Waals surface area contributed by atoms with Gasteiger partial charge in [0.25, 0.3) is 0 Å². The van der Waals surface area contributed by atoms with Crippen molar-refractivity contribution in [2.45, 2.75) is 25.7 Å². The van der Waals surface area contributed by atoms with Crippen molar-refractivity contribution in [3.63, 3.8) is 0 Å². The predicted molar refractivity (Wildman–Crippen MR) is 76.7 cm³/mol. The normalized spacial score (nSPS) is 16.0. The SMILES string of the molecule is N#Cc1ccccc1NC(=O)NCC1(C(=O)O)CCCC1. The number of urea groups is 1. The van der Waals surface area contributed by atoms with Crippen molar-refractivity contribution in [3.8, 4) is 6.07 Å². The van der Waals surface area contributed by atoms with Gasteiger partial charge in [-0.25, -0.2) is 4.79 Å². The number of carboxylic acids is 1. The largest absolute Gasteiger partial charge is 0.481 e. The summed E-state index contributed by atoms with van der Waals surface area (Å²) in [5.74, 6) is -0.863. The Morgan fingerprint density at radius 2 is 1.95 bits per heavy atom. The molecule has 1 saturated carbocycles. The van der Waals surface area contributed by atoms with E-state index in [1.54, 1.807) is 24.3 Å². The molecular formula is C15H17N3O3. The molecule has 6 nitrogen and oxygen atoms in total. The summed E-state index contributed by atoms with van der Waals surface area (Å²) < 4.78 is 0. The number of para-hydroxylation sites is 1. The molecule has 0 heterocycles. The molecule has 0 atom stereocenters. The van der Waals surface area contributed by atoms with E-state index in [9.17, 15) is 14.7 Å². The summed E-state index contributed by atoms with van der Waals surface area (Å²) in [6, 6.07) is 8.14. The van der Waals surface area contributed by atoms with Crippen LogP contribution in [-0.4, -0.2) is 23.7 Å². The van der Waals surface area contributed by atoms with Crippen molar-refractivity contribution in [2.24, 2.45) is 5.41 Å². The van der Waals surface area contributed by atoms with E-state index < -0.39 is 17.4 Å². The zero-order valence-corrected chi connectivity index (χ0v) is 11.6. The molecule has 1 fully saturated rings. The number of benzene rings is 1. The molecule has 0 bridgehead atoms. The average molecular weight is 287 g/mol. The van der Waals surface area contributed by atoms with Gasteiger partial charge >= 0.3 is 12.0 Å². The van der Waals surface area contributed by atoms with Crippen LogP contribution in [0.25, 0.3) is 0 Å². The van der Waals surface area contributed by atoms with E-state index in [0.29, 0.717) is 24.1 Å². The second-order valence-corrected chi connectivity index (χ2v) is 5.26. The highest BCUT2D eigenvalue weighted by Crippen LogP contribution is 2.37. The van der Waals surface area contributed by atoms with Crippen molar-refractivity contribution in [1.82, 2.24) is 5.32 Å². The average Bonchev–Trinajstić information content (AvgIpc) is 2.96. The van der Waals surface area contributed by atoms with Crippen LogP contribution < -0.4 is 10.6 Å². The first-order chi connectivity index (χ1) is 10.1. The summed E-state index contributed by atoms with van der Waals surface area (Å²) in [5, 5.41) is 23.5. The number of carbonyl (C=O) groups is 2. The number of anilines is 1. The van der Waals surface area contributed by atoms with E-state index in [1.807, 2.05) is 6.07 Å². The van der Waals surface area contributed by atoms with E-state index in [0.717, 1.165) is 12.8 Å². The van der Waals surface area contributed by atoms with Crippen LogP contribution in [0.5, 0.6) is 0 Å². The van der Waals surface area contributed by atoms with Crippen LogP contribution in [-0.2, 0) is 4.79 Å². The Balaban J connectivity index is 1.96. The third kappa shape index (κ3) is 3.31. The lowest BCUT2D eigenvalue weighted by Crippen LogP contribution is -2.42. The summed E-state index contributed by atoms with van der Waals surface area (Å²) in [5.41, 5.74) is -0.0821. The second-order valence-electron chi connectivity index (χ2n) is 5.26. The molecule has 0 saturated heterocycles. The van der Waals surface area contributed by atoms with E-state index in [-0.39, 0.29) is 6.54 Å². The molecule has 0 aromatic heterocycles. The highest BCUT2D eigenvalue weighted by Gasteiger charge is 2.41. The lowest BCUT2D eigenvalue weighted by molar-refractivity contribution is -0.148. The Morgan fingerprint density at radius 1 is 1.29 bits per heavy atom. The van der Waals surface area contributed by atoms with Gasteiger partial charge in [0.1, 0.15) is 6.07 Å². The number of hydrogen-bond donors (Lipinski definition) is 3. The maximum atomic E-state index is 11.9. The van der Waals surface area contributed by atoms with Gasteiger partial charge in [0.2, 0.25) is 0 Å². The molecule has 21 heavy (non-hydrogen) atoms. The van der Waals surface area contributed by atoms with E-state index in [2.05, 4.69) is 10.6 Å². The van der Waals surface area contributed by atoms with E-state index >= 15 is 0 Å². The highest BCUT2D eigenvalue weighted by atomic mass is 16.4. The molecule has 3 N–H and O–H groups in total. The van der Waals surface area contributed by atoms with Crippen molar-refractivity contribution in [3.05, 3.63) is 29.8 Å². The third-order valence-corrected chi connectivity index (χ3v) is 3.90. The molecule has 1 aliphatic carbocycles. The van der Waals surface area contributed by atoms with Crippen LogP contribution >= 0.6 is 0 Å². The zero-order valence-electron chi connectivity index (χ0n) is 11.6. The summed E-state index contributed by atoms with van der Waals surface area (Å²) in [6.07, 6.45) is 2.90. The first-order valence-corrected chi connectivity index (χ1v) is 6.85. The fourth-order valence-corrected chi connectivity index (χ4v) is 2.62. The van der Waals surface area contributed by atoms with Crippen LogP contribution in [0.3, 0.4) is 0 Å². The molecule has 110 valence electrons. The molecule has 0 aliphatic heterocycles. The van der Waals surface area contributed by atoms with Gasteiger partial charge in [-0.15, -0.1) is 0 Å². The fraction of sp³-hybridized carbons (Fsp3) is 0.400. The lowest BCUT2D eigenvalue weighted by atomic mass is 9.86. The number of rotatable bonds is 4. The smallest absolute Gasteiger partial charge is 0.319 e. The second kappa shape index (κ2) is 6.27. The Morgan fingerprint density at radius 3 is 2.57 bits per heavy atom. The van der Waals surface area contributed by atoms with Gasteiger partial charge in [-0.3, -0.25) is 4.79 Å². The van der Waals surface area contributed by atoms with Gasteiger partial charge in [-0.2, -0.15) is 5.26 Å². The van der Waals surface area contributed by atoms with Crippen molar-refractivity contribution in [1.29, 1.82) is 5.26 Å².